The Bertz CT molecular complexity index is 287. The van der Waals surface area contributed by atoms with E-state index in [-0.39, 0.29) is 23.7 Å². The Morgan fingerprint density at radius 3 is 1.74 bits per heavy atom. The highest BCUT2D eigenvalue weighted by Crippen LogP contribution is 2.16. The van der Waals surface area contributed by atoms with Crippen LogP contribution in [0.4, 0.5) is 0 Å². The molecule has 0 aliphatic heterocycles. The largest absolute Gasteiger partial charge is 0.459 e. The van der Waals surface area contributed by atoms with Crippen molar-refractivity contribution in [3.8, 4) is 0 Å². The standard InChI is InChI=1S/C15H31NO3/c1-10(2)16-12(11(3)18-14(4,5)6)13(17)19-15(7,8)9/h10-12,16H,1-9H3. The van der Waals surface area contributed by atoms with Crippen molar-refractivity contribution in [3.63, 3.8) is 0 Å². The Labute approximate surface area is 118 Å². The first kappa shape index (κ1) is 18.4. The summed E-state index contributed by atoms with van der Waals surface area (Å²) in [5, 5.41) is 3.22. The van der Waals surface area contributed by atoms with E-state index in [2.05, 4.69) is 5.32 Å². The van der Waals surface area contributed by atoms with Crippen LogP contribution in [-0.2, 0) is 14.3 Å². The predicted molar refractivity (Wildman–Crippen MR) is 78.2 cm³/mol. The SMILES string of the molecule is CC(C)NC(C(=O)OC(C)(C)C)C(C)OC(C)(C)C. The summed E-state index contributed by atoms with van der Waals surface area (Å²) in [6.45, 7) is 17.4. The van der Waals surface area contributed by atoms with Gasteiger partial charge in [-0.1, -0.05) is 13.8 Å². The van der Waals surface area contributed by atoms with Crippen LogP contribution < -0.4 is 5.32 Å². The molecule has 0 heterocycles. The quantitative estimate of drug-likeness (QED) is 0.782. The summed E-state index contributed by atoms with van der Waals surface area (Å²) in [4.78, 5) is 12.3. The number of esters is 1. The number of hydrogen-bond acceptors (Lipinski definition) is 4. The molecule has 4 nitrogen and oxygen atoms in total. The van der Waals surface area contributed by atoms with Gasteiger partial charge in [0.25, 0.3) is 0 Å². The summed E-state index contributed by atoms with van der Waals surface area (Å²) in [5.74, 6) is -0.266. The van der Waals surface area contributed by atoms with Crippen molar-refractivity contribution in [2.45, 2.75) is 91.7 Å². The molecule has 0 amide bonds. The molecule has 0 saturated carbocycles. The molecule has 19 heavy (non-hydrogen) atoms. The molecule has 1 N–H and O–H groups in total. The van der Waals surface area contributed by atoms with E-state index in [1.54, 1.807) is 0 Å². The molecule has 0 aliphatic rings. The minimum Gasteiger partial charge on any atom is -0.459 e. The van der Waals surface area contributed by atoms with Gasteiger partial charge in [0, 0.05) is 6.04 Å². The molecular formula is C15H31NO3. The van der Waals surface area contributed by atoms with Gasteiger partial charge in [0.2, 0.25) is 0 Å². The van der Waals surface area contributed by atoms with Gasteiger partial charge in [-0.15, -0.1) is 0 Å². The van der Waals surface area contributed by atoms with Crippen LogP contribution in [0.25, 0.3) is 0 Å². The molecule has 4 heteroatoms. The van der Waals surface area contributed by atoms with Crippen LogP contribution in [0.1, 0.15) is 62.3 Å². The highest BCUT2D eigenvalue weighted by atomic mass is 16.6. The van der Waals surface area contributed by atoms with Gasteiger partial charge in [0.15, 0.2) is 0 Å². The second kappa shape index (κ2) is 6.71. The molecule has 0 saturated heterocycles. The average Bonchev–Trinajstić information content (AvgIpc) is 2.07. The Morgan fingerprint density at radius 2 is 1.42 bits per heavy atom. The first-order valence-corrected chi connectivity index (χ1v) is 6.98. The molecule has 0 aromatic heterocycles. The molecule has 0 rings (SSSR count). The molecule has 0 fully saturated rings. The monoisotopic (exact) mass is 273 g/mol. The fraction of sp³-hybridized carbons (Fsp3) is 0.933. The number of carbonyl (C=O) groups excluding carboxylic acids is 1. The van der Waals surface area contributed by atoms with Gasteiger partial charge >= 0.3 is 5.97 Å². The molecule has 2 unspecified atom stereocenters. The van der Waals surface area contributed by atoms with Gasteiger partial charge in [-0.05, 0) is 48.5 Å². The third kappa shape index (κ3) is 9.00. The lowest BCUT2D eigenvalue weighted by molar-refractivity contribution is -0.165. The van der Waals surface area contributed by atoms with Crippen molar-refractivity contribution in [3.05, 3.63) is 0 Å². The molecule has 0 aromatic carbocycles. The molecular weight excluding hydrogens is 242 g/mol. The summed E-state index contributed by atoms with van der Waals surface area (Å²) in [6, 6.07) is -0.276. The van der Waals surface area contributed by atoms with Gasteiger partial charge in [-0.2, -0.15) is 0 Å². The zero-order chi connectivity index (χ0) is 15.4. The maximum atomic E-state index is 12.3. The zero-order valence-corrected chi connectivity index (χ0v) is 14.0. The second-order valence-corrected chi connectivity index (χ2v) is 7.27. The van der Waals surface area contributed by atoms with Crippen molar-refractivity contribution in [2.75, 3.05) is 0 Å². The van der Waals surface area contributed by atoms with Crippen molar-refractivity contribution < 1.29 is 14.3 Å². The van der Waals surface area contributed by atoms with E-state index in [0.29, 0.717) is 0 Å². The maximum Gasteiger partial charge on any atom is 0.326 e. The lowest BCUT2D eigenvalue weighted by Gasteiger charge is -2.33. The number of nitrogens with one attached hydrogen (secondary N) is 1. The second-order valence-electron chi connectivity index (χ2n) is 7.27. The number of carbonyl (C=O) groups is 1. The molecule has 0 spiro atoms. The van der Waals surface area contributed by atoms with Crippen LogP contribution in [0.5, 0.6) is 0 Å². The lowest BCUT2D eigenvalue weighted by atomic mass is 10.1. The first-order valence-electron chi connectivity index (χ1n) is 6.98. The minimum absolute atomic E-state index is 0.184. The van der Waals surface area contributed by atoms with E-state index < -0.39 is 11.6 Å². The third-order valence-electron chi connectivity index (χ3n) is 2.18. The highest BCUT2D eigenvalue weighted by molar-refractivity contribution is 5.77. The van der Waals surface area contributed by atoms with E-state index in [1.165, 1.54) is 0 Å². The van der Waals surface area contributed by atoms with Gasteiger partial charge in [0.1, 0.15) is 11.6 Å². The molecule has 0 aromatic rings. The van der Waals surface area contributed by atoms with Gasteiger partial charge in [0.05, 0.1) is 11.7 Å². The van der Waals surface area contributed by atoms with Gasteiger partial charge in [-0.3, -0.25) is 4.79 Å². The Morgan fingerprint density at radius 1 is 0.947 bits per heavy atom. The van der Waals surface area contributed by atoms with E-state index in [9.17, 15) is 4.79 Å². The van der Waals surface area contributed by atoms with Crippen LogP contribution in [0, 0.1) is 0 Å². The third-order valence-corrected chi connectivity index (χ3v) is 2.18. The highest BCUT2D eigenvalue weighted by Gasteiger charge is 2.32. The predicted octanol–water partition coefficient (Wildman–Crippen LogP) is 2.90. The fourth-order valence-corrected chi connectivity index (χ4v) is 1.75. The van der Waals surface area contributed by atoms with E-state index in [0.717, 1.165) is 0 Å². The van der Waals surface area contributed by atoms with Crippen molar-refractivity contribution in [1.82, 2.24) is 5.32 Å². The fourth-order valence-electron chi connectivity index (χ4n) is 1.75. The molecule has 2 atom stereocenters. The van der Waals surface area contributed by atoms with E-state index >= 15 is 0 Å². The van der Waals surface area contributed by atoms with Crippen LogP contribution in [0.15, 0.2) is 0 Å². The van der Waals surface area contributed by atoms with Crippen molar-refractivity contribution in [2.24, 2.45) is 0 Å². The topological polar surface area (TPSA) is 47.6 Å². The van der Waals surface area contributed by atoms with Gasteiger partial charge < -0.3 is 14.8 Å². The summed E-state index contributed by atoms with van der Waals surface area (Å²) in [6.07, 6.45) is -0.253. The van der Waals surface area contributed by atoms with Crippen molar-refractivity contribution in [1.29, 1.82) is 0 Å². The van der Waals surface area contributed by atoms with Crippen molar-refractivity contribution >= 4 is 5.97 Å². The Kier molecular flexibility index (Phi) is 6.49. The summed E-state index contributed by atoms with van der Waals surface area (Å²) >= 11 is 0. The number of rotatable bonds is 5. The number of hydrogen-bond donors (Lipinski definition) is 1. The smallest absolute Gasteiger partial charge is 0.326 e. The summed E-state index contributed by atoms with van der Waals surface area (Å²) in [5.41, 5.74) is -0.784. The van der Waals surface area contributed by atoms with E-state index in [4.69, 9.17) is 9.47 Å². The lowest BCUT2D eigenvalue weighted by Crippen LogP contribution is -2.52. The van der Waals surface area contributed by atoms with Crippen LogP contribution in [0.2, 0.25) is 0 Å². The van der Waals surface area contributed by atoms with Gasteiger partial charge in [-0.25, -0.2) is 0 Å². The zero-order valence-electron chi connectivity index (χ0n) is 14.0. The van der Waals surface area contributed by atoms with Crippen LogP contribution >= 0.6 is 0 Å². The maximum absolute atomic E-state index is 12.3. The summed E-state index contributed by atoms with van der Waals surface area (Å²) < 4.78 is 11.3. The first-order chi connectivity index (χ1) is 8.32. The minimum atomic E-state index is -0.491. The Hall–Kier alpha value is -0.610. The molecule has 114 valence electrons. The summed E-state index contributed by atoms with van der Waals surface area (Å²) in [7, 11) is 0. The van der Waals surface area contributed by atoms with E-state index in [1.807, 2.05) is 62.3 Å². The van der Waals surface area contributed by atoms with Crippen LogP contribution in [0.3, 0.4) is 0 Å². The molecule has 0 bridgehead atoms. The average molecular weight is 273 g/mol. The normalized spacial score (nSPS) is 16.3. The number of ether oxygens (including phenoxy) is 2. The molecule has 0 aliphatic carbocycles. The Balaban J connectivity index is 4.85. The van der Waals surface area contributed by atoms with Crippen LogP contribution in [-0.4, -0.2) is 35.4 Å². The molecule has 0 radical (unpaired) electrons.